The van der Waals surface area contributed by atoms with Gasteiger partial charge >= 0.3 is 0 Å². The van der Waals surface area contributed by atoms with Crippen LogP contribution in [0.1, 0.15) is 5.56 Å². The number of phenolic OH excluding ortho intramolecular Hbond substituents is 1. The van der Waals surface area contributed by atoms with E-state index in [0.29, 0.717) is 10.9 Å². The van der Waals surface area contributed by atoms with Gasteiger partial charge in [-0.3, -0.25) is 15.1 Å². The van der Waals surface area contributed by atoms with Gasteiger partial charge in [0, 0.05) is 12.3 Å². The number of aromatic hydroxyl groups is 1. The number of phenols is 1. The van der Waals surface area contributed by atoms with Crippen molar-refractivity contribution in [3.63, 3.8) is 0 Å². The van der Waals surface area contributed by atoms with E-state index in [-0.39, 0.29) is 17.0 Å². The number of rotatable bonds is 1. The zero-order valence-corrected chi connectivity index (χ0v) is 7.97. The Balaban J connectivity index is 2.94. The topological polar surface area (TPSA) is 76.3 Å². The third-order valence-electron chi connectivity index (χ3n) is 2.23. The number of hydrogen-bond acceptors (Lipinski definition) is 4. The van der Waals surface area contributed by atoms with Crippen LogP contribution in [0.2, 0.25) is 0 Å². The molecule has 0 aliphatic heterocycles. The van der Waals surface area contributed by atoms with Crippen LogP contribution in [0.3, 0.4) is 0 Å². The summed E-state index contributed by atoms with van der Waals surface area (Å²) in [6, 6.07) is 4.52. The quantitative estimate of drug-likeness (QED) is 0.570. The van der Waals surface area contributed by atoms with Gasteiger partial charge in [-0.15, -0.1) is 0 Å². The van der Waals surface area contributed by atoms with Crippen molar-refractivity contribution in [3.05, 3.63) is 40.1 Å². The number of benzene rings is 1. The van der Waals surface area contributed by atoms with Gasteiger partial charge in [0.1, 0.15) is 11.3 Å². The highest BCUT2D eigenvalue weighted by Crippen LogP contribution is 2.33. The number of hydrogen-bond donors (Lipinski definition) is 1. The van der Waals surface area contributed by atoms with Crippen LogP contribution < -0.4 is 0 Å². The lowest BCUT2D eigenvalue weighted by molar-refractivity contribution is -0.383. The van der Waals surface area contributed by atoms with E-state index in [0.717, 1.165) is 0 Å². The van der Waals surface area contributed by atoms with Gasteiger partial charge in [-0.25, -0.2) is 0 Å². The molecule has 76 valence electrons. The average Bonchev–Trinajstić information content (AvgIpc) is 2.23. The number of nitro benzene ring substituents is 1. The molecule has 1 heterocycles. The summed E-state index contributed by atoms with van der Waals surface area (Å²) in [5.41, 5.74) is 0.686. The van der Waals surface area contributed by atoms with Gasteiger partial charge in [0.15, 0.2) is 0 Å². The minimum Gasteiger partial charge on any atom is -0.505 e. The van der Waals surface area contributed by atoms with Crippen molar-refractivity contribution in [2.45, 2.75) is 6.92 Å². The number of aryl methyl sites for hydroxylation is 1. The summed E-state index contributed by atoms with van der Waals surface area (Å²) in [6.45, 7) is 1.61. The number of aromatic nitrogens is 1. The lowest BCUT2D eigenvalue weighted by atomic mass is 10.1. The predicted octanol–water partition coefficient (Wildman–Crippen LogP) is 2.16. The maximum Gasteiger partial charge on any atom is 0.279 e. The van der Waals surface area contributed by atoms with E-state index in [1.54, 1.807) is 19.1 Å². The third-order valence-corrected chi connectivity index (χ3v) is 2.23. The van der Waals surface area contributed by atoms with Crippen molar-refractivity contribution in [1.82, 2.24) is 4.98 Å². The highest BCUT2D eigenvalue weighted by atomic mass is 16.6. The summed E-state index contributed by atoms with van der Waals surface area (Å²) >= 11 is 0. The molecule has 0 aliphatic carbocycles. The Morgan fingerprint density at radius 2 is 2.27 bits per heavy atom. The summed E-state index contributed by atoms with van der Waals surface area (Å²) in [6.07, 6.45) is 1.49. The van der Waals surface area contributed by atoms with E-state index in [2.05, 4.69) is 4.98 Å². The molecule has 5 nitrogen and oxygen atoms in total. The second-order valence-corrected chi connectivity index (χ2v) is 3.22. The number of pyridine rings is 1. The zero-order valence-electron chi connectivity index (χ0n) is 7.97. The molecule has 1 aromatic heterocycles. The Bertz CT molecular complexity index is 552. The van der Waals surface area contributed by atoms with E-state index in [9.17, 15) is 15.2 Å². The van der Waals surface area contributed by atoms with E-state index in [1.807, 2.05) is 0 Å². The molecule has 5 heteroatoms. The summed E-state index contributed by atoms with van der Waals surface area (Å²) < 4.78 is 0. The molecular weight excluding hydrogens is 196 g/mol. The highest BCUT2D eigenvalue weighted by molar-refractivity contribution is 5.93. The van der Waals surface area contributed by atoms with Crippen LogP contribution in [0, 0.1) is 17.0 Å². The van der Waals surface area contributed by atoms with Gasteiger partial charge in [-0.1, -0.05) is 0 Å². The minimum atomic E-state index is -0.476. The lowest BCUT2D eigenvalue weighted by Gasteiger charge is -2.03. The molecule has 1 N–H and O–H groups in total. The van der Waals surface area contributed by atoms with Gasteiger partial charge in [0.2, 0.25) is 0 Å². The molecule has 2 aromatic rings. The summed E-state index contributed by atoms with van der Waals surface area (Å²) in [5, 5.41) is 20.8. The third kappa shape index (κ3) is 1.38. The fourth-order valence-electron chi connectivity index (χ4n) is 1.49. The van der Waals surface area contributed by atoms with Crippen molar-refractivity contribution in [2.24, 2.45) is 0 Å². The monoisotopic (exact) mass is 204 g/mol. The average molecular weight is 204 g/mol. The summed E-state index contributed by atoms with van der Waals surface area (Å²) in [5.74, 6) is -0.00352. The number of fused-ring (bicyclic) bond motifs is 1. The number of nitrogens with zero attached hydrogens (tertiary/aromatic N) is 2. The first-order valence-electron chi connectivity index (χ1n) is 4.33. The molecule has 0 saturated heterocycles. The van der Waals surface area contributed by atoms with Crippen molar-refractivity contribution in [2.75, 3.05) is 0 Å². The second kappa shape index (κ2) is 3.20. The number of non-ortho nitro benzene ring substituents is 1. The van der Waals surface area contributed by atoms with E-state index < -0.39 is 4.92 Å². The van der Waals surface area contributed by atoms with Crippen LogP contribution in [0.4, 0.5) is 5.69 Å². The van der Waals surface area contributed by atoms with Crippen molar-refractivity contribution in [3.8, 4) is 5.75 Å². The van der Waals surface area contributed by atoms with Gasteiger partial charge in [-0.2, -0.15) is 0 Å². The Hall–Kier alpha value is -2.17. The van der Waals surface area contributed by atoms with Crippen LogP contribution in [-0.2, 0) is 0 Å². The first kappa shape index (κ1) is 9.39. The van der Waals surface area contributed by atoms with Crippen LogP contribution in [-0.4, -0.2) is 15.0 Å². The molecule has 2 rings (SSSR count). The first-order chi connectivity index (χ1) is 7.11. The first-order valence-corrected chi connectivity index (χ1v) is 4.33. The smallest absolute Gasteiger partial charge is 0.279 e. The molecule has 0 saturated carbocycles. The lowest BCUT2D eigenvalue weighted by Crippen LogP contribution is -1.92. The summed E-state index contributed by atoms with van der Waals surface area (Å²) in [4.78, 5) is 14.2. The Morgan fingerprint density at radius 1 is 1.53 bits per heavy atom. The summed E-state index contributed by atoms with van der Waals surface area (Å²) in [7, 11) is 0. The van der Waals surface area contributed by atoms with Crippen LogP contribution in [0.5, 0.6) is 5.75 Å². The predicted molar refractivity (Wildman–Crippen MR) is 54.8 cm³/mol. The molecule has 1 aromatic carbocycles. The van der Waals surface area contributed by atoms with Crippen molar-refractivity contribution >= 4 is 16.6 Å². The largest absolute Gasteiger partial charge is 0.505 e. The molecule has 0 bridgehead atoms. The normalized spacial score (nSPS) is 10.5. The molecule has 0 amide bonds. The SMILES string of the molecule is Cc1cc([N+](=O)[O-])c2cccnc2c1O. The van der Waals surface area contributed by atoms with Crippen LogP contribution in [0.15, 0.2) is 24.4 Å². The van der Waals surface area contributed by atoms with E-state index in [4.69, 9.17) is 0 Å². The Labute approximate surface area is 85.1 Å². The van der Waals surface area contributed by atoms with Crippen molar-refractivity contribution in [1.29, 1.82) is 0 Å². The van der Waals surface area contributed by atoms with Crippen LogP contribution >= 0.6 is 0 Å². The van der Waals surface area contributed by atoms with Crippen LogP contribution in [0.25, 0.3) is 10.9 Å². The molecule has 0 spiro atoms. The van der Waals surface area contributed by atoms with Gasteiger partial charge < -0.3 is 5.11 Å². The fourth-order valence-corrected chi connectivity index (χ4v) is 1.49. The molecule has 0 unspecified atom stereocenters. The maximum absolute atomic E-state index is 10.8. The molecule has 0 fully saturated rings. The Kier molecular flexibility index (Phi) is 2.00. The molecule has 0 radical (unpaired) electrons. The number of nitro groups is 1. The van der Waals surface area contributed by atoms with Gasteiger partial charge in [0.25, 0.3) is 5.69 Å². The molecule has 15 heavy (non-hydrogen) atoms. The van der Waals surface area contributed by atoms with Gasteiger partial charge in [0.05, 0.1) is 10.3 Å². The molecule has 0 aliphatic rings. The van der Waals surface area contributed by atoms with E-state index >= 15 is 0 Å². The highest BCUT2D eigenvalue weighted by Gasteiger charge is 2.16. The Morgan fingerprint density at radius 3 is 2.93 bits per heavy atom. The van der Waals surface area contributed by atoms with Crippen molar-refractivity contribution < 1.29 is 10.0 Å². The van der Waals surface area contributed by atoms with E-state index in [1.165, 1.54) is 12.3 Å². The van der Waals surface area contributed by atoms with Gasteiger partial charge in [-0.05, 0) is 24.6 Å². The standard InChI is InChI=1S/C10H8N2O3/c1-6-5-8(12(14)15)7-3-2-4-11-9(7)10(6)13/h2-5,13H,1H3. The fraction of sp³-hybridized carbons (Fsp3) is 0.100. The molecular formula is C10H8N2O3. The minimum absolute atomic E-state index is 0.00352. The molecule has 0 atom stereocenters. The maximum atomic E-state index is 10.8. The zero-order chi connectivity index (χ0) is 11.0. The second-order valence-electron chi connectivity index (χ2n) is 3.22.